The van der Waals surface area contributed by atoms with Crippen molar-refractivity contribution in [2.45, 2.75) is 17.7 Å². The van der Waals surface area contributed by atoms with E-state index in [0.717, 1.165) is 15.1 Å². The van der Waals surface area contributed by atoms with Crippen molar-refractivity contribution in [1.82, 2.24) is 15.5 Å². The molecule has 0 aliphatic carbocycles. The number of hydrogen-bond donors (Lipinski definition) is 1. The summed E-state index contributed by atoms with van der Waals surface area (Å²) in [5.41, 5.74) is 0. The maximum Gasteiger partial charge on any atom is 0.220 e. The number of nitrogens with zero attached hydrogens (tertiary/aromatic N) is 2. The van der Waals surface area contributed by atoms with Crippen LogP contribution in [-0.4, -0.2) is 42.6 Å². The van der Waals surface area contributed by atoms with E-state index in [1.54, 1.807) is 17.8 Å². The smallest absolute Gasteiger partial charge is 0.220 e. The van der Waals surface area contributed by atoms with Crippen molar-refractivity contribution in [3.8, 4) is 0 Å². The summed E-state index contributed by atoms with van der Waals surface area (Å²) in [7, 11) is -3.08. The molecule has 0 fully saturated rings. The minimum absolute atomic E-state index is 0.0409. The maximum atomic E-state index is 11.7. The topological polar surface area (TPSA) is 89.0 Å². The molecular formula is C11H15N3O3S3. The molecule has 2 rings (SSSR count). The average Bonchev–Trinajstić information content (AvgIpc) is 2.91. The quantitative estimate of drug-likeness (QED) is 0.617. The Morgan fingerprint density at radius 1 is 1.55 bits per heavy atom. The van der Waals surface area contributed by atoms with Gasteiger partial charge in [0.05, 0.1) is 5.75 Å². The van der Waals surface area contributed by atoms with Crippen LogP contribution in [0.1, 0.15) is 11.4 Å². The third-order valence-electron chi connectivity index (χ3n) is 2.61. The van der Waals surface area contributed by atoms with Crippen molar-refractivity contribution in [1.29, 1.82) is 0 Å². The number of hydrogen-bond acceptors (Lipinski definition) is 7. The second-order valence-corrected chi connectivity index (χ2v) is 8.86. The molecule has 1 aliphatic rings. The Hall–Kier alpha value is -0.930. The van der Waals surface area contributed by atoms with Gasteiger partial charge in [-0.05, 0) is 6.92 Å². The zero-order valence-electron chi connectivity index (χ0n) is 10.9. The predicted octanol–water partition coefficient (Wildman–Crippen LogP) is 1.00. The van der Waals surface area contributed by atoms with E-state index in [-0.39, 0.29) is 24.0 Å². The van der Waals surface area contributed by atoms with Crippen LogP contribution in [0.4, 0.5) is 0 Å². The summed E-state index contributed by atoms with van der Waals surface area (Å²) < 4.78 is 23.3. The van der Waals surface area contributed by atoms with Crippen molar-refractivity contribution in [3.63, 3.8) is 0 Å². The van der Waals surface area contributed by atoms with Gasteiger partial charge in [0.15, 0.2) is 14.2 Å². The van der Waals surface area contributed by atoms with Gasteiger partial charge in [0.2, 0.25) is 5.91 Å². The molecule has 1 amide bonds. The Balaban J connectivity index is 1.62. The van der Waals surface area contributed by atoms with Crippen LogP contribution in [-0.2, 0) is 14.6 Å². The molecular weight excluding hydrogens is 318 g/mol. The van der Waals surface area contributed by atoms with Crippen molar-refractivity contribution in [2.24, 2.45) is 5.92 Å². The van der Waals surface area contributed by atoms with Crippen LogP contribution >= 0.6 is 23.1 Å². The molecule has 1 aromatic heterocycles. The van der Waals surface area contributed by atoms with Gasteiger partial charge >= 0.3 is 0 Å². The van der Waals surface area contributed by atoms with E-state index >= 15 is 0 Å². The number of allylic oxidation sites excluding steroid dienone is 1. The fourth-order valence-corrected chi connectivity index (χ4v) is 4.88. The minimum Gasteiger partial charge on any atom is -0.355 e. The third-order valence-corrected chi connectivity index (χ3v) is 6.05. The van der Waals surface area contributed by atoms with Crippen LogP contribution < -0.4 is 5.32 Å². The van der Waals surface area contributed by atoms with Crippen LogP contribution in [0.5, 0.6) is 0 Å². The third kappa shape index (κ3) is 4.88. The molecule has 0 spiro atoms. The first-order valence-electron chi connectivity index (χ1n) is 6.05. The van der Waals surface area contributed by atoms with E-state index in [0.29, 0.717) is 6.54 Å². The van der Waals surface area contributed by atoms with Crippen LogP contribution in [0.25, 0.3) is 0 Å². The molecule has 2 heterocycles. The number of carbonyl (C=O) groups excluding carboxylic acids is 1. The van der Waals surface area contributed by atoms with Gasteiger partial charge in [0.25, 0.3) is 0 Å². The Morgan fingerprint density at radius 3 is 2.95 bits per heavy atom. The first kappa shape index (κ1) is 15.5. The van der Waals surface area contributed by atoms with Gasteiger partial charge in [0, 0.05) is 30.0 Å². The average molecular weight is 333 g/mol. The van der Waals surface area contributed by atoms with Crippen molar-refractivity contribution in [3.05, 3.63) is 16.5 Å². The zero-order chi connectivity index (χ0) is 14.6. The number of aromatic nitrogens is 2. The lowest BCUT2D eigenvalue weighted by molar-refractivity contribution is -0.121. The fraction of sp³-hybridized carbons (Fsp3) is 0.545. The number of rotatable bonds is 6. The number of nitrogens with one attached hydrogen (secondary N) is 1. The molecule has 1 aromatic rings. The second kappa shape index (κ2) is 6.68. The summed E-state index contributed by atoms with van der Waals surface area (Å²) in [6, 6.07) is 0. The summed E-state index contributed by atoms with van der Waals surface area (Å²) in [6.07, 6.45) is 1.81. The lowest BCUT2D eigenvalue weighted by atomic mass is 10.1. The first-order chi connectivity index (χ1) is 9.44. The highest BCUT2D eigenvalue weighted by atomic mass is 32.2. The first-order valence-corrected chi connectivity index (χ1v) is 9.57. The van der Waals surface area contributed by atoms with Crippen LogP contribution in [0, 0.1) is 12.8 Å². The van der Waals surface area contributed by atoms with Gasteiger partial charge in [-0.15, -0.1) is 10.2 Å². The zero-order valence-corrected chi connectivity index (χ0v) is 13.4. The summed E-state index contributed by atoms with van der Waals surface area (Å²) in [4.78, 5) is 11.7. The van der Waals surface area contributed by atoms with Gasteiger partial charge in [0.1, 0.15) is 5.01 Å². The molecule has 0 bridgehead atoms. The molecule has 20 heavy (non-hydrogen) atoms. The van der Waals surface area contributed by atoms with Crippen molar-refractivity contribution >= 4 is 38.8 Å². The largest absolute Gasteiger partial charge is 0.355 e. The molecule has 9 heteroatoms. The van der Waals surface area contributed by atoms with Crippen molar-refractivity contribution < 1.29 is 13.2 Å². The molecule has 0 saturated carbocycles. The van der Waals surface area contributed by atoms with Crippen molar-refractivity contribution in [2.75, 3.05) is 18.1 Å². The summed E-state index contributed by atoms with van der Waals surface area (Å²) in [5, 5.41) is 12.8. The maximum absolute atomic E-state index is 11.7. The lowest BCUT2D eigenvalue weighted by Crippen LogP contribution is -2.27. The van der Waals surface area contributed by atoms with E-state index < -0.39 is 9.84 Å². The van der Waals surface area contributed by atoms with Crippen LogP contribution in [0.3, 0.4) is 0 Å². The Labute approximate surface area is 126 Å². The standard InChI is InChI=1S/C11H15N3O3S3/c1-8-13-14-11(19-8)18-4-3-12-10(15)6-9-2-5-20(16,17)7-9/h2,5,9H,3-4,6-7H2,1H3,(H,12,15)/t9-/m0/s1. The summed E-state index contributed by atoms with van der Waals surface area (Å²) in [5.74, 6) is 0.447. The Morgan fingerprint density at radius 2 is 2.35 bits per heavy atom. The highest BCUT2D eigenvalue weighted by Gasteiger charge is 2.23. The highest BCUT2D eigenvalue weighted by molar-refractivity contribution is 8.01. The predicted molar refractivity (Wildman–Crippen MR) is 79.4 cm³/mol. The Kier molecular flexibility index (Phi) is 5.17. The SMILES string of the molecule is Cc1nnc(SCCNC(=O)C[C@@H]2C=CS(=O)(=O)C2)s1. The van der Waals surface area contributed by atoms with E-state index in [1.807, 2.05) is 6.92 Å². The number of amides is 1. The van der Waals surface area contributed by atoms with Gasteiger partial charge in [-0.3, -0.25) is 4.79 Å². The number of aryl methyl sites for hydroxylation is 1. The van der Waals surface area contributed by atoms with Crippen LogP contribution in [0.15, 0.2) is 15.8 Å². The molecule has 110 valence electrons. The molecule has 1 N–H and O–H groups in total. The highest BCUT2D eigenvalue weighted by Crippen LogP contribution is 2.21. The molecule has 6 nitrogen and oxygen atoms in total. The number of thioether (sulfide) groups is 1. The molecule has 0 saturated heterocycles. The molecule has 1 atom stereocenters. The van der Waals surface area contributed by atoms with E-state index in [2.05, 4.69) is 15.5 Å². The Bertz CT molecular complexity index is 609. The summed E-state index contributed by atoms with van der Waals surface area (Å²) in [6.45, 7) is 2.43. The molecule has 0 unspecified atom stereocenters. The minimum atomic E-state index is -3.08. The molecule has 0 aromatic carbocycles. The van der Waals surface area contributed by atoms with Gasteiger partial charge < -0.3 is 5.32 Å². The number of sulfone groups is 1. The second-order valence-electron chi connectivity index (χ2n) is 4.41. The summed E-state index contributed by atoms with van der Waals surface area (Å²) >= 11 is 3.07. The van der Waals surface area contributed by atoms with E-state index in [4.69, 9.17) is 0 Å². The van der Waals surface area contributed by atoms with Crippen LogP contribution in [0.2, 0.25) is 0 Å². The van der Waals surface area contributed by atoms with Gasteiger partial charge in [-0.1, -0.05) is 29.2 Å². The monoisotopic (exact) mass is 333 g/mol. The van der Waals surface area contributed by atoms with E-state index in [9.17, 15) is 13.2 Å². The van der Waals surface area contributed by atoms with E-state index in [1.165, 1.54) is 16.7 Å². The normalized spacial score (nSPS) is 20.1. The van der Waals surface area contributed by atoms with Gasteiger partial charge in [-0.25, -0.2) is 8.42 Å². The lowest BCUT2D eigenvalue weighted by Gasteiger charge is -2.07. The molecule has 1 aliphatic heterocycles. The fourth-order valence-electron chi connectivity index (χ4n) is 1.74. The molecule has 0 radical (unpaired) electrons. The number of carbonyl (C=O) groups is 1. The van der Waals surface area contributed by atoms with Gasteiger partial charge in [-0.2, -0.15) is 0 Å².